The van der Waals surface area contributed by atoms with Crippen LogP contribution >= 0.6 is 0 Å². The summed E-state index contributed by atoms with van der Waals surface area (Å²) in [6.07, 6.45) is 0. The largest absolute Gasteiger partial charge is 0.492 e. The van der Waals surface area contributed by atoms with Gasteiger partial charge >= 0.3 is 0 Å². The SMILES string of the molecule is CC(=N)N1CCN(CCOc2ccccc2)CC1. The van der Waals surface area contributed by atoms with Crippen molar-refractivity contribution >= 4 is 5.84 Å². The number of amidine groups is 1. The maximum Gasteiger partial charge on any atom is 0.119 e. The maximum atomic E-state index is 7.59. The van der Waals surface area contributed by atoms with Gasteiger partial charge in [-0.2, -0.15) is 0 Å². The molecule has 1 aliphatic heterocycles. The van der Waals surface area contributed by atoms with E-state index in [2.05, 4.69) is 9.80 Å². The highest BCUT2D eigenvalue weighted by atomic mass is 16.5. The van der Waals surface area contributed by atoms with Crippen LogP contribution in [-0.4, -0.2) is 55.0 Å². The van der Waals surface area contributed by atoms with E-state index in [0.29, 0.717) is 5.84 Å². The number of nitrogens with one attached hydrogen (secondary N) is 1. The van der Waals surface area contributed by atoms with Crippen molar-refractivity contribution in [2.75, 3.05) is 39.3 Å². The van der Waals surface area contributed by atoms with Crippen LogP contribution in [0.25, 0.3) is 0 Å². The van der Waals surface area contributed by atoms with E-state index >= 15 is 0 Å². The summed E-state index contributed by atoms with van der Waals surface area (Å²) in [6.45, 7) is 7.51. The highest BCUT2D eigenvalue weighted by Gasteiger charge is 2.16. The van der Waals surface area contributed by atoms with Crippen LogP contribution in [0.1, 0.15) is 6.92 Å². The molecule has 1 aromatic rings. The highest BCUT2D eigenvalue weighted by Crippen LogP contribution is 2.08. The number of rotatable bonds is 4. The van der Waals surface area contributed by atoms with Crippen molar-refractivity contribution in [1.82, 2.24) is 9.80 Å². The Bertz CT molecular complexity index is 372. The average Bonchev–Trinajstić information content (AvgIpc) is 2.40. The lowest BCUT2D eigenvalue weighted by Gasteiger charge is -2.35. The first kappa shape index (κ1) is 12.9. The summed E-state index contributed by atoms with van der Waals surface area (Å²) in [6, 6.07) is 9.93. The van der Waals surface area contributed by atoms with Gasteiger partial charge in [0.2, 0.25) is 0 Å². The van der Waals surface area contributed by atoms with Crippen molar-refractivity contribution < 1.29 is 4.74 Å². The molecule has 98 valence electrons. The van der Waals surface area contributed by atoms with E-state index in [0.717, 1.165) is 45.1 Å². The fraction of sp³-hybridized carbons (Fsp3) is 0.500. The second-order valence-electron chi connectivity index (χ2n) is 4.58. The Labute approximate surface area is 109 Å². The summed E-state index contributed by atoms with van der Waals surface area (Å²) < 4.78 is 5.69. The molecule has 1 aliphatic rings. The van der Waals surface area contributed by atoms with Crippen molar-refractivity contribution in [3.8, 4) is 5.75 Å². The molecular weight excluding hydrogens is 226 g/mol. The van der Waals surface area contributed by atoms with Gasteiger partial charge in [0.25, 0.3) is 0 Å². The van der Waals surface area contributed by atoms with Crippen molar-refractivity contribution in [3.05, 3.63) is 30.3 Å². The standard InChI is InChI=1S/C14H21N3O/c1-13(15)17-9-7-16(8-10-17)11-12-18-14-5-3-2-4-6-14/h2-6,15H,7-12H2,1H3. The first-order valence-corrected chi connectivity index (χ1v) is 6.46. The normalized spacial score (nSPS) is 16.6. The molecule has 0 saturated carbocycles. The molecular formula is C14H21N3O. The molecule has 1 heterocycles. The number of hydrogen-bond acceptors (Lipinski definition) is 3. The number of nitrogens with zero attached hydrogens (tertiary/aromatic N) is 2. The van der Waals surface area contributed by atoms with Gasteiger partial charge in [-0.15, -0.1) is 0 Å². The van der Waals surface area contributed by atoms with Gasteiger partial charge in [-0.05, 0) is 19.1 Å². The number of ether oxygens (including phenoxy) is 1. The molecule has 0 amide bonds. The van der Waals surface area contributed by atoms with Crippen LogP contribution in [0.5, 0.6) is 5.75 Å². The molecule has 18 heavy (non-hydrogen) atoms. The minimum atomic E-state index is 0.676. The predicted octanol–water partition coefficient (Wildman–Crippen LogP) is 1.68. The van der Waals surface area contributed by atoms with Crippen LogP contribution in [0.2, 0.25) is 0 Å². The number of piperazine rings is 1. The quantitative estimate of drug-likeness (QED) is 0.650. The third-order valence-corrected chi connectivity index (χ3v) is 3.27. The van der Waals surface area contributed by atoms with E-state index in [1.807, 2.05) is 37.3 Å². The Morgan fingerprint density at radius 1 is 1.17 bits per heavy atom. The van der Waals surface area contributed by atoms with E-state index < -0.39 is 0 Å². The van der Waals surface area contributed by atoms with E-state index in [9.17, 15) is 0 Å². The first-order valence-electron chi connectivity index (χ1n) is 6.46. The number of para-hydroxylation sites is 1. The van der Waals surface area contributed by atoms with Crippen LogP contribution in [0.15, 0.2) is 30.3 Å². The smallest absolute Gasteiger partial charge is 0.119 e. The molecule has 1 saturated heterocycles. The lowest BCUT2D eigenvalue weighted by molar-refractivity contribution is 0.153. The lowest BCUT2D eigenvalue weighted by Crippen LogP contribution is -2.48. The Morgan fingerprint density at radius 2 is 1.83 bits per heavy atom. The topological polar surface area (TPSA) is 39.6 Å². The van der Waals surface area contributed by atoms with Gasteiger partial charge in [0.05, 0.1) is 5.84 Å². The predicted molar refractivity (Wildman–Crippen MR) is 73.4 cm³/mol. The Morgan fingerprint density at radius 3 is 2.44 bits per heavy atom. The second kappa shape index (κ2) is 6.40. The Hall–Kier alpha value is -1.55. The van der Waals surface area contributed by atoms with Gasteiger partial charge in [0.1, 0.15) is 12.4 Å². The van der Waals surface area contributed by atoms with Crippen molar-refractivity contribution in [2.45, 2.75) is 6.92 Å². The molecule has 1 aromatic carbocycles. The fourth-order valence-corrected chi connectivity index (χ4v) is 2.12. The first-order chi connectivity index (χ1) is 8.75. The van der Waals surface area contributed by atoms with Gasteiger partial charge in [0, 0.05) is 32.7 Å². The van der Waals surface area contributed by atoms with Crippen molar-refractivity contribution in [2.24, 2.45) is 0 Å². The summed E-state index contributed by atoms with van der Waals surface area (Å²) in [5.74, 6) is 1.61. The molecule has 0 aromatic heterocycles. The van der Waals surface area contributed by atoms with Crippen LogP contribution in [-0.2, 0) is 0 Å². The molecule has 0 aliphatic carbocycles. The Kier molecular flexibility index (Phi) is 4.59. The summed E-state index contributed by atoms with van der Waals surface area (Å²) in [4.78, 5) is 4.51. The zero-order valence-electron chi connectivity index (χ0n) is 10.9. The summed E-state index contributed by atoms with van der Waals surface area (Å²) >= 11 is 0. The molecule has 0 unspecified atom stereocenters. The van der Waals surface area contributed by atoms with Crippen LogP contribution < -0.4 is 4.74 Å². The third-order valence-electron chi connectivity index (χ3n) is 3.27. The minimum Gasteiger partial charge on any atom is -0.492 e. The fourth-order valence-electron chi connectivity index (χ4n) is 2.12. The maximum absolute atomic E-state index is 7.59. The van der Waals surface area contributed by atoms with Gasteiger partial charge in [0.15, 0.2) is 0 Å². The van der Waals surface area contributed by atoms with Crippen LogP contribution in [0.4, 0.5) is 0 Å². The summed E-state index contributed by atoms with van der Waals surface area (Å²) in [5.41, 5.74) is 0. The monoisotopic (exact) mass is 247 g/mol. The molecule has 2 rings (SSSR count). The average molecular weight is 247 g/mol. The van der Waals surface area contributed by atoms with Crippen LogP contribution in [0, 0.1) is 5.41 Å². The van der Waals surface area contributed by atoms with Crippen LogP contribution in [0.3, 0.4) is 0 Å². The summed E-state index contributed by atoms with van der Waals surface area (Å²) in [7, 11) is 0. The van der Waals surface area contributed by atoms with Crippen molar-refractivity contribution in [3.63, 3.8) is 0 Å². The molecule has 0 bridgehead atoms. The zero-order valence-corrected chi connectivity index (χ0v) is 10.9. The number of hydrogen-bond donors (Lipinski definition) is 1. The molecule has 4 heteroatoms. The van der Waals surface area contributed by atoms with E-state index in [1.165, 1.54) is 0 Å². The molecule has 1 fully saturated rings. The van der Waals surface area contributed by atoms with Gasteiger partial charge in [-0.3, -0.25) is 10.3 Å². The number of benzene rings is 1. The van der Waals surface area contributed by atoms with Crippen molar-refractivity contribution in [1.29, 1.82) is 5.41 Å². The van der Waals surface area contributed by atoms with Gasteiger partial charge in [-0.25, -0.2) is 0 Å². The molecule has 0 spiro atoms. The van der Waals surface area contributed by atoms with Gasteiger partial charge < -0.3 is 9.64 Å². The molecule has 4 nitrogen and oxygen atoms in total. The molecule has 0 atom stereocenters. The summed E-state index contributed by atoms with van der Waals surface area (Å²) in [5, 5.41) is 7.59. The minimum absolute atomic E-state index is 0.676. The highest BCUT2D eigenvalue weighted by molar-refractivity contribution is 5.76. The van der Waals surface area contributed by atoms with E-state index in [-0.39, 0.29) is 0 Å². The lowest BCUT2D eigenvalue weighted by atomic mass is 10.3. The zero-order chi connectivity index (χ0) is 12.8. The van der Waals surface area contributed by atoms with Gasteiger partial charge in [-0.1, -0.05) is 18.2 Å². The molecule has 1 N–H and O–H groups in total. The molecule has 0 radical (unpaired) electrons. The van der Waals surface area contributed by atoms with E-state index in [4.69, 9.17) is 10.1 Å². The second-order valence-corrected chi connectivity index (χ2v) is 4.58. The van der Waals surface area contributed by atoms with E-state index in [1.54, 1.807) is 0 Å². The Balaban J connectivity index is 1.65. The third kappa shape index (κ3) is 3.74.